The highest BCUT2D eigenvalue weighted by molar-refractivity contribution is 6.07. The quantitative estimate of drug-likeness (QED) is 0.647. The Labute approximate surface area is 172 Å². The molecule has 9 heteroatoms. The second-order valence-corrected chi connectivity index (χ2v) is 6.90. The van der Waals surface area contributed by atoms with Gasteiger partial charge in [-0.15, -0.1) is 0 Å². The largest absolute Gasteiger partial charge is 0.493 e. The van der Waals surface area contributed by atoms with Gasteiger partial charge in [-0.25, -0.2) is 0 Å². The van der Waals surface area contributed by atoms with Crippen LogP contribution in [-0.4, -0.2) is 49.9 Å². The Kier molecular flexibility index (Phi) is 5.18. The second-order valence-electron chi connectivity index (χ2n) is 6.90. The summed E-state index contributed by atoms with van der Waals surface area (Å²) in [6.45, 7) is 0.254. The minimum absolute atomic E-state index is 0.109. The van der Waals surface area contributed by atoms with Crippen molar-refractivity contribution in [2.75, 3.05) is 38.1 Å². The summed E-state index contributed by atoms with van der Waals surface area (Å²) in [5, 5.41) is 10.9. The number of ether oxygens (including phenoxy) is 3. The molecule has 0 saturated carbocycles. The zero-order valence-electron chi connectivity index (χ0n) is 16.9. The lowest BCUT2D eigenvalue weighted by Crippen LogP contribution is -2.28. The molecule has 2 heterocycles. The smallest absolute Gasteiger partial charge is 0.229 e. The first-order chi connectivity index (χ1) is 14.5. The summed E-state index contributed by atoms with van der Waals surface area (Å²) in [5.74, 6) is 0.923. The Morgan fingerprint density at radius 3 is 2.50 bits per heavy atom. The van der Waals surface area contributed by atoms with Crippen molar-refractivity contribution in [1.82, 2.24) is 10.2 Å². The molecule has 2 N–H and O–H groups in total. The van der Waals surface area contributed by atoms with Crippen LogP contribution < -0.4 is 24.4 Å². The van der Waals surface area contributed by atoms with Crippen LogP contribution in [0.25, 0.3) is 10.9 Å². The molecule has 2 amide bonds. The molecule has 0 spiro atoms. The van der Waals surface area contributed by atoms with Gasteiger partial charge in [-0.05, 0) is 12.1 Å². The van der Waals surface area contributed by atoms with Crippen LogP contribution in [0.3, 0.4) is 0 Å². The number of carbonyl (C=O) groups is 2. The molecule has 1 aromatic heterocycles. The normalized spacial score (nSPS) is 16.0. The topological polar surface area (TPSA) is 106 Å². The highest BCUT2D eigenvalue weighted by Gasteiger charge is 2.37. The number of para-hydroxylation sites is 1. The Bertz CT molecular complexity index is 1080. The summed E-state index contributed by atoms with van der Waals surface area (Å²) in [6, 6.07) is 10.9. The van der Waals surface area contributed by atoms with E-state index in [1.54, 1.807) is 17.0 Å². The molecule has 4 rings (SSSR count). The molecular formula is C21H22N4O5. The Morgan fingerprint density at radius 1 is 1.13 bits per heavy atom. The number of amides is 2. The van der Waals surface area contributed by atoms with E-state index in [4.69, 9.17) is 14.2 Å². The standard InChI is InChI=1S/C21H22N4O5/c1-28-16-9-13(10-17(29-2)19(16)30-3)22-21(27)12-8-18(26)25(11-12)20-14-6-4-5-7-15(14)23-24-20/h4-7,9-10,12H,8,11H2,1-3H3,(H,22,27)(H,23,24)/t12-/m0/s1. The molecule has 1 fully saturated rings. The van der Waals surface area contributed by atoms with E-state index in [9.17, 15) is 9.59 Å². The number of anilines is 2. The maximum atomic E-state index is 12.9. The van der Waals surface area contributed by atoms with E-state index in [2.05, 4.69) is 15.5 Å². The lowest BCUT2D eigenvalue weighted by molar-refractivity contribution is -0.122. The zero-order chi connectivity index (χ0) is 21.3. The van der Waals surface area contributed by atoms with Crippen molar-refractivity contribution in [1.29, 1.82) is 0 Å². The van der Waals surface area contributed by atoms with E-state index < -0.39 is 5.92 Å². The second kappa shape index (κ2) is 7.94. The molecular weight excluding hydrogens is 388 g/mol. The van der Waals surface area contributed by atoms with Crippen LogP contribution in [-0.2, 0) is 9.59 Å². The third-order valence-electron chi connectivity index (χ3n) is 5.13. The van der Waals surface area contributed by atoms with Gasteiger partial charge >= 0.3 is 0 Å². The van der Waals surface area contributed by atoms with Crippen molar-refractivity contribution >= 4 is 34.2 Å². The van der Waals surface area contributed by atoms with Gasteiger partial charge in [0.2, 0.25) is 17.6 Å². The maximum absolute atomic E-state index is 12.9. The summed E-state index contributed by atoms with van der Waals surface area (Å²) in [6.07, 6.45) is 0.109. The van der Waals surface area contributed by atoms with Gasteiger partial charge in [0.15, 0.2) is 17.3 Å². The fourth-order valence-electron chi connectivity index (χ4n) is 3.64. The number of methoxy groups -OCH3 is 3. The van der Waals surface area contributed by atoms with Crippen molar-refractivity contribution in [2.45, 2.75) is 6.42 Å². The van der Waals surface area contributed by atoms with Crippen LogP contribution in [0.1, 0.15) is 6.42 Å². The summed E-state index contributed by atoms with van der Waals surface area (Å²) in [7, 11) is 4.52. The third kappa shape index (κ3) is 3.38. The predicted octanol–water partition coefficient (Wildman–Crippen LogP) is 2.58. The summed E-state index contributed by atoms with van der Waals surface area (Å²) >= 11 is 0. The molecule has 1 atom stereocenters. The van der Waals surface area contributed by atoms with Crippen molar-refractivity contribution in [3.05, 3.63) is 36.4 Å². The van der Waals surface area contributed by atoms with E-state index in [-0.39, 0.29) is 24.8 Å². The molecule has 0 unspecified atom stereocenters. The van der Waals surface area contributed by atoms with Crippen LogP contribution in [0.4, 0.5) is 11.5 Å². The van der Waals surface area contributed by atoms with Gasteiger partial charge in [-0.2, -0.15) is 5.10 Å². The highest BCUT2D eigenvalue weighted by atomic mass is 16.5. The van der Waals surface area contributed by atoms with Gasteiger partial charge in [-0.1, -0.05) is 12.1 Å². The van der Waals surface area contributed by atoms with Gasteiger partial charge < -0.3 is 19.5 Å². The van der Waals surface area contributed by atoms with Crippen LogP contribution in [0.15, 0.2) is 36.4 Å². The van der Waals surface area contributed by atoms with Crippen LogP contribution in [0.5, 0.6) is 17.2 Å². The highest BCUT2D eigenvalue weighted by Crippen LogP contribution is 2.40. The van der Waals surface area contributed by atoms with Gasteiger partial charge in [0.05, 0.1) is 32.8 Å². The van der Waals surface area contributed by atoms with Crippen LogP contribution in [0.2, 0.25) is 0 Å². The first-order valence-electron chi connectivity index (χ1n) is 9.40. The maximum Gasteiger partial charge on any atom is 0.229 e. The summed E-state index contributed by atoms with van der Waals surface area (Å²) < 4.78 is 15.9. The molecule has 30 heavy (non-hydrogen) atoms. The lowest BCUT2D eigenvalue weighted by Gasteiger charge is -2.16. The Morgan fingerprint density at radius 2 is 1.83 bits per heavy atom. The molecule has 0 bridgehead atoms. The summed E-state index contributed by atoms with van der Waals surface area (Å²) in [5.41, 5.74) is 1.33. The van der Waals surface area contributed by atoms with E-state index in [1.165, 1.54) is 21.3 Å². The van der Waals surface area contributed by atoms with Crippen LogP contribution >= 0.6 is 0 Å². The Balaban J connectivity index is 1.53. The SMILES string of the molecule is COc1cc(NC(=O)[C@H]2CC(=O)N(c3n[nH]c4ccccc34)C2)cc(OC)c1OC. The minimum Gasteiger partial charge on any atom is -0.493 e. The molecule has 1 saturated heterocycles. The Hall–Kier alpha value is -3.75. The van der Waals surface area contributed by atoms with Crippen molar-refractivity contribution in [3.63, 3.8) is 0 Å². The van der Waals surface area contributed by atoms with Gasteiger partial charge in [0.1, 0.15) is 0 Å². The number of carbonyl (C=O) groups excluding carboxylic acids is 2. The fourth-order valence-corrected chi connectivity index (χ4v) is 3.64. The molecule has 156 valence electrons. The first-order valence-corrected chi connectivity index (χ1v) is 9.40. The van der Waals surface area contributed by atoms with Gasteiger partial charge in [-0.3, -0.25) is 19.6 Å². The molecule has 9 nitrogen and oxygen atoms in total. The minimum atomic E-state index is -0.507. The number of aromatic nitrogens is 2. The predicted molar refractivity (Wildman–Crippen MR) is 111 cm³/mol. The number of H-pyrrole nitrogens is 1. The zero-order valence-corrected chi connectivity index (χ0v) is 16.9. The molecule has 0 aliphatic carbocycles. The van der Waals surface area contributed by atoms with Crippen molar-refractivity contribution in [3.8, 4) is 17.2 Å². The molecule has 1 aliphatic rings. The van der Waals surface area contributed by atoms with E-state index in [0.717, 1.165) is 10.9 Å². The number of fused-ring (bicyclic) bond motifs is 1. The average molecular weight is 410 g/mol. The molecule has 1 aliphatic heterocycles. The number of nitrogens with one attached hydrogen (secondary N) is 2. The number of rotatable bonds is 6. The number of nitrogens with zero attached hydrogens (tertiary/aromatic N) is 2. The molecule has 2 aromatic carbocycles. The van der Waals surface area contributed by atoms with E-state index >= 15 is 0 Å². The molecule has 3 aromatic rings. The van der Waals surface area contributed by atoms with Crippen LogP contribution in [0, 0.1) is 5.92 Å². The number of hydrogen-bond acceptors (Lipinski definition) is 6. The van der Waals surface area contributed by atoms with E-state index in [1.807, 2.05) is 24.3 Å². The monoisotopic (exact) mass is 410 g/mol. The third-order valence-corrected chi connectivity index (χ3v) is 5.13. The number of hydrogen-bond donors (Lipinski definition) is 2. The van der Waals surface area contributed by atoms with Crippen molar-refractivity contribution in [2.24, 2.45) is 5.92 Å². The van der Waals surface area contributed by atoms with Gasteiger partial charge in [0.25, 0.3) is 0 Å². The molecule has 0 radical (unpaired) electrons. The summed E-state index contributed by atoms with van der Waals surface area (Å²) in [4.78, 5) is 27.0. The fraction of sp³-hybridized carbons (Fsp3) is 0.286. The average Bonchev–Trinajstić information content (AvgIpc) is 3.36. The van der Waals surface area contributed by atoms with Gasteiger partial charge in [0, 0.05) is 36.2 Å². The number of benzene rings is 2. The lowest BCUT2D eigenvalue weighted by atomic mass is 10.1. The van der Waals surface area contributed by atoms with E-state index in [0.29, 0.717) is 28.8 Å². The first kappa shape index (κ1) is 19.6. The van der Waals surface area contributed by atoms with Crippen molar-refractivity contribution < 1.29 is 23.8 Å². The number of aromatic amines is 1.